The Balaban J connectivity index is 1.59. The third kappa shape index (κ3) is 10.1. The van der Waals surface area contributed by atoms with Gasteiger partial charge in [0.1, 0.15) is 18.1 Å². The van der Waals surface area contributed by atoms with E-state index >= 15 is 0 Å². The SMILES string of the molecule is CCCCCCCOC(=O)CCCC(=O)OCc1cccc(Oc2ccccc2)c1. The molecule has 0 aliphatic heterocycles. The van der Waals surface area contributed by atoms with Gasteiger partial charge >= 0.3 is 11.9 Å². The number of para-hydroxylation sites is 1. The van der Waals surface area contributed by atoms with Crippen molar-refractivity contribution in [2.75, 3.05) is 6.61 Å². The lowest BCUT2D eigenvalue weighted by molar-refractivity contribution is -0.146. The van der Waals surface area contributed by atoms with Crippen molar-refractivity contribution >= 4 is 11.9 Å². The number of hydrogen-bond donors (Lipinski definition) is 0. The van der Waals surface area contributed by atoms with Crippen molar-refractivity contribution < 1.29 is 23.8 Å². The number of carbonyl (C=O) groups is 2. The van der Waals surface area contributed by atoms with Crippen LogP contribution >= 0.6 is 0 Å². The maximum Gasteiger partial charge on any atom is 0.306 e. The number of unbranched alkanes of at least 4 members (excludes halogenated alkanes) is 4. The molecule has 0 aliphatic carbocycles. The van der Waals surface area contributed by atoms with Crippen LogP contribution in [0.25, 0.3) is 0 Å². The Hall–Kier alpha value is -2.82. The lowest BCUT2D eigenvalue weighted by Gasteiger charge is -2.09. The van der Waals surface area contributed by atoms with Gasteiger partial charge in [0.25, 0.3) is 0 Å². The van der Waals surface area contributed by atoms with Crippen molar-refractivity contribution in [1.29, 1.82) is 0 Å². The van der Waals surface area contributed by atoms with Gasteiger partial charge in [-0.15, -0.1) is 0 Å². The summed E-state index contributed by atoms with van der Waals surface area (Å²) in [6.07, 6.45) is 6.47. The van der Waals surface area contributed by atoms with E-state index < -0.39 is 0 Å². The largest absolute Gasteiger partial charge is 0.466 e. The van der Waals surface area contributed by atoms with E-state index in [0.29, 0.717) is 18.8 Å². The molecule has 0 atom stereocenters. The molecule has 2 aromatic carbocycles. The molecule has 0 bridgehead atoms. The van der Waals surface area contributed by atoms with Crippen LogP contribution in [0, 0.1) is 0 Å². The van der Waals surface area contributed by atoms with Gasteiger partial charge in [-0.2, -0.15) is 0 Å². The van der Waals surface area contributed by atoms with Crippen LogP contribution in [0.5, 0.6) is 11.5 Å². The number of rotatable bonds is 14. The molecule has 2 rings (SSSR count). The topological polar surface area (TPSA) is 61.8 Å². The second kappa shape index (κ2) is 14.2. The average Bonchev–Trinajstić information content (AvgIpc) is 2.76. The first-order chi connectivity index (χ1) is 14.7. The molecule has 0 saturated heterocycles. The Kier molecular flexibility index (Phi) is 11.1. The molecule has 0 aromatic heterocycles. The summed E-state index contributed by atoms with van der Waals surface area (Å²) in [7, 11) is 0. The predicted octanol–water partition coefficient (Wildman–Crippen LogP) is 6.21. The van der Waals surface area contributed by atoms with Gasteiger partial charge in [0.2, 0.25) is 0 Å². The lowest BCUT2D eigenvalue weighted by atomic mass is 10.2. The highest BCUT2D eigenvalue weighted by molar-refractivity contribution is 5.72. The molecule has 2 aromatic rings. The minimum atomic E-state index is -0.322. The highest BCUT2D eigenvalue weighted by Crippen LogP contribution is 2.22. The Bertz CT molecular complexity index is 757. The van der Waals surface area contributed by atoms with E-state index in [4.69, 9.17) is 14.2 Å². The molecular weight excluding hydrogens is 380 g/mol. The van der Waals surface area contributed by atoms with Gasteiger partial charge in [-0.3, -0.25) is 9.59 Å². The zero-order valence-corrected chi connectivity index (χ0v) is 17.8. The van der Waals surface area contributed by atoms with E-state index in [2.05, 4.69) is 6.92 Å². The number of esters is 2. The van der Waals surface area contributed by atoms with Crippen molar-refractivity contribution in [2.45, 2.75) is 64.9 Å². The van der Waals surface area contributed by atoms with Crippen molar-refractivity contribution in [3.05, 3.63) is 60.2 Å². The third-order valence-corrected chi connectivity index (χ3v) is 4.55. The number of carbonyl (C=O) groups excluding carboxylic acids is 2. The molecule has 0 fully saturated rings. The minimum absolute atomic E-state index is 0.174. The highest BCUT2D eigenvalue weighted by atomic mass is 16.5. The van der Waals surface area contributed by atoms with E-state index in [9.17, 15) is 9.59 Å². The second-order valence-electron chi connectivity index (χ2n) is 7.21. The fourth-order valence-electron chi connectivity index (χ4n) is 2.90. The fraction of sp³-hybridized carbons (Fsp3) is 0.440. The van der Waals surface area contributed by atoms with E-state index in [0.717, 1.165) is 24.2 Å². The molecule has 0 aliphatic rings. The molecule has 30 heavy (non-hydrogen) atoms. The van der Waals surface area contributed by atoms with Crippen LogP contribution in [0.1, 0.15) is 63.9 Å². The minimum Gasteiger partial charge on any atom is -0.466 e. The Labute approximate surface area is 179 Å². The fourth-order valence-corrected chi connectivity index (χ4v) is 2.90. The van der Waals surface area contributed by atoms with Gasteiger partial charge in [0.15, 0.2) is 0 Å². The van der Waals surface area contributed by atoms with Crippen molar-refractivity contribution in [3.8, 4) is 11.5 Å². The van der Waals surface area contributed by atoms with Crippen LogP contribution in [-0.4, -0.2) is 18.5 Å². The molecule has 0 saturated carbocycles. The normalized spacial score (nSPS) is 10.4. The molecule has 162 valence electrons. The van der Waals surface area contributed by atoms with Crippen LogP contribution in [0.15, 0.2) is 54.6 Å². The Morgan fingerprint density at radius 2 is 1.43 bits per heavy atom. The number of hydrogen-bond acceptors (Lipinski definition) is 5. The Morgan fingerprint density at radius 1 is 0.733 bits per heavy atom. The highest BCUT2D eigenvalue weighted by Gasteiger charge is 2.08. The molecule has 0 heterocycles. The molecule has 0 unspecified atom stereocenters. The predicted molar refractivity (Wildman–Crippen MR) is 116 cm³/mol. The average molecular weight is 413 g/mol. The summed E-state index contributed by atoms with van der Waals surface area (Å²) in [6.45, 7) is 2.81. The number of ether oxygens (including phenoxy) is 3. The molecule has 0 amide bonds. The van der Waals surface area contributed by atoms with Crippen LogP contribution in [0.2, 0.25) is 0 Å². The molecule has 0 spiro atoms. The van der Waals surface area contributed by atoms with E-state index in [-0.39, 0.29) is 31.4 Å². The van der Waals surface area contributed by atoms with Gasteiger partial charge in [-0.25, -0.2) is 0 Å². The summed E-state index contributed by atoms with van der Waals surface area (Å²) >= 11 is 0. The van der Waals surface area contributed by atoms with Gasteiger partial charge in [0.05, 0.1) is 6.61 Å². The summed E-state index contributed by atoms with van der Waals surface area (Å²) in [5.41, 5.74) is 0.847. The van der Waals surface area contributed by atoms with Gasteiger partial charge in [0, 0.05) is 12.8 Å². The summed E-state index contributed by atoms with van der Waals surface area (Å²) < 4.78 is 16.3. The van der Waals surface area contributed by atoms with E-state index in [1.807, 2.05) is 54.6 Å². The van der Waals surface area contributed by atoms with Crippen LogP contribution < -0.4 is 4.74 Å². The maximum absolute atomic E-state index is 11.9. The third-order valence-electron chi connectivity index (χ3n) is 4.55. The summed E-state index contributed by atoms with van der Waals surface area (Å²) in [5, 5.41) is 0. The first-order valence-electron chi connectivity index (χ1n) is 10.8. The summed E-state index contributed by atoms with van der Waals surface area (Å²) in [4.78, 5) is 23.6. The maximum atomic E-state index is 11.9. The molecule has 5 nitrogen and oxygen atoms in total. The van der Waals surface area contributed by atoms with Crippen LogP contribution in [0.3, 0.4) is 0 Å². The van der Waals surface area contributed by atoms with Gasteiger partial charge in [-0.05, 0) is 42.7 Å². The van der Waals surface area contributed by atoms with Crippen LogP contribution in [-0.2, 0) is 25.7 Å². The standard InChI is InChI=1S/C25H32O5/c1-2-3-4-5-9-18-28-24(26)16-11-17-25(27)29-20-21-12-10-15-23(19-21)30-22-13-7-6-8-14-22/h6-8,10,12-15,19H,2-5,9,11,16-18,20H2,1H3. The molecular formula is C25H32O5. The second-order valence-corrected chi connectivity index (χ2v) is 7.21. The van der Waals surface area contributed by atoms with Crippen molar-refractivity contribution in [2.24, 2.45) is 0 Å². The van der Waals surface area contributed by atoms with E-state index in [1.54, 1.807) is 0 Å². The first-order valence-corrected chi connectivity index (χ1v) is 10.8. The molecule has 5 heteroatoms. The summed E-state index contributed by atoms with van der Waals surface area (Å²) in [5.74, 6) is 0.868. The van der Waals surface area contributed by atoms with Gasteiger partial charge in [-0.1, -0.05) is 62.9 Å². The van der Waals surface area contributed by atoms with Crippen molar-refractivity contribution in [1.82, 2.24) is 0 Å². The van der Waals surface area contributed by atoms with Gasteiger partial charge < -0.3 is 14.2 Å². The molecule has 0 N–H and O–H groups in total. The first kappa shape index (κ1) is 23.5. The monoisotopic (exact) mass is 412 g/mol. The lowest BCUT2D eigenvalue weighted by Crippen LogP contribution is -2.09. The quantitative estimate of drug-likeness (QED) is 0.273. The summed E-state index contributed by atoms with van der Waals surface area (Å²) in [6, 6.07) is 16.9. The Morgan fingerprint density at radius 3 is 2.20 bits per heavy atom. The van der Waals surface area contributed by atoms with Crippen LogP contribution in [0.4, 0.5) is 0 Å². The zero-order chi connectivity index (χ0) is 21.4. The molecule has 0 radical (unpaired) electrons. The number of benzene rings is 2. The zero-order valence-electron chi connectivity index (χ0n) is 17.8. The van der Waals surface area contributed by atoms with E-state index in [1.165, 1.54) is 19.3 Å². The van der Waals surface area contributed by atoms with Crippen molar-refractivity contribution in [3.63, 3.8) is 0 Å². The smallest absolute Gasteiger partial charge is 0.306 e.